The zero-order valence-corrected chi connectivity index (χ0v) is 8.53. The number of carbonyl (C=O) groups excluding carboxylic acids is 2. The summed E-state index contributed by atoms with van der Waals surface area (Å²) in [6, 6.07) is 5.00. The molecule has 0 radical (unpaired) electrons. The van der Waals surface area contributed by atoms with Gasteiger partial charge in [0.05, 0.1) is 17.4 Å². The third-order valence-electron chi connectivity index (χ3n) is 2.06. The molecule has 78 valence electrons. The second-order valence-corrected chi connectivity index (χ2v) is 3.66. The summed E-state index contributed by atoms with van der Waals surface area (Å²) in [7, 11) is 0. The number of Topliss-reactive ketones (excluding diaryl/α,β-unsaturated/α-hetero) is 1. The zero-order chi connectivity index (χ0) is 11.0. The van der Waals surface area contributed by atoms with Gasteiger partial charge in [-0.2, -0.15) is 0 Å². The van der Waals surface area contributed by atoms with Crippen molar-refractivity contribution in [3.05, 3.63) is 23.8 Å². The molecule has 1 heterocycles. The highest BCUT2D eigenvalue weighted by Gasteiger charge is 2.28. The lowest BCUT2D eigenvalue weighted by Crippen LogP contribution is -2.12. The number of hydrogen-bond acceptors (Lipinski definition) is 3. The second-order valence-electron chi connectivity index (χ2n) is 3.66. The zero-order valence-electron chi connectivity index (χ0n) is 8.53. The van der Waals surface area contributed by atoms with Crippen LogP contribution in [0.3, 0.4) is 0 Å². The fraction of sp³-hybridized carbons (Fsp3) is 0.273. The maximum absolute atomic E-state index is 11.4. The van der Waals surface area contributed by atoms with Gasteiger partial charge in [0.2, 0.25) is 0 Å². The molecule has 0 atom stereocenters. The molecule has 1 aliphatic rings. The Kier molecular flexibility index (Phi) is 2.19. The predicted molar refractivity (Wildman–Crippen MR) is 55.2 cm³/mol. The van der Waals surface area contributed by atoms with E-state index in [2.05, 4.69) is 5.32 Å². The molecule has 0 saturated heterocycles. The minimum atomic E-state index is -0.577. The Bertz CT molecular complexity index is 437. The van der Waals surface area contributed by atoms with E-state index in [1.807, 2.05) is 13.8 Å². The molecule has 0 fully saturated rings. The van der Waals surface area contributed by atoms with Crippen LogP contribution in [-0.2, 0) is 4.79 Å². The van der Waals surface area contributed by atoms with Crippen molar-refractivity contribution in [3.63, 3.8) is 0 Å². The maximum atomic E-state index is 11.4. The van der Waals surface area contributed by atoms with Crippen LogP contribution < -0.4 is 10.1 Å². The largest absolute Gasteiger partial charge is 0.491 e. The minimum absolute atomic E-state index is 0.0446. The van der Waals surface area contributed by atoms with E-state index in [0.717, 1.165) is 0 Å². The van der Waals surface area contributed by atoms with Crippen LogP contribution in [0.15, 0.2) is 18.2 Å². The van der Waals surface area contributed by atoms with Gasteiger partial charge in [0.25, 0.3) is 11.7 Å². The smallest absolute Gasteiger partial charge is 0.296 e. The Morgan fingerprint density at radius 1 is 1.27 bits per heavy atom. The van der Waals surface area contributed by atoms with Gasteiger partial charge in [-0.3, -0.25) is 9.59 Å². The topological polar surface area (TPSA) is 55.4 Å². The Morgan fingerprint density at radius 3 is 2.67 bits per heavy atom. The first-order valence-corrected chi connectivity index (χ1v) is 4.74. The third kappa shape index (κ3) is 1.70. The SMILES string of the molecule is CC(C)Oc1ccc2c(c1)C(=O)C(=O)N2. The highest BCUT2D eigenvalue weighted by atomic mass is 16.5. The number of ether oxygens (including phenoxy) is 1. The molecule has 15 heavy (non-hydrogen) atoms. The van der Waals surface area contributed by atoms with Crippen LogP contribution in [0.25, 0.3) is 0 Å². The maximum Gasteiger partial charge on any atom is 0.296 e. The quantitative estimate of drug-likeness (QED) is 0.746. The molecule has 0 spiro atoms. The molecular formula is C11H11NO3. The summed E-state index contributed by atoms with van der Waals surface area (Å²) in [5.41, 5.74) is 0.944. The number of rotatable bonds is 2. The molecule has 1 N–H and O–H groups in total. The summed E-state index contributed by atoms with van der Waals surface area (Å²) < 4.78 is 5.43. The predicted octanol–water partition coefficient (Wildman–Crippen LogP) is 1.61. The number of hydrogen-bond donors (Lipinski definition) is 1. The van der Waals surface area contributed by atoms with E-state index in [0.29, 0.717) is 17.0 Å². The number of anilines is 1. The second kappa shape index (κ2) is 3.38. The van der Waals surface area contributed by atoms with Gasteiger partial charge in [-0.05, 0) is 32.0 Å². The average molecular weight is 205 g/mol. The molecule has 0 aliphatic carbocycles. The molecule has 0 unspecified atom stereocenters. The van der Waals surface area contributed by atoms with Gasteiger partial charge < -0.3 is 10.1 Å². The van der Waals surface area contributed by atoms with Crippen molar-refractivity contribution in [1.82, 2.24) is 0 Å². The number of nitrogens with one attached hydrogen (secondary N) is 1. The normalized spacial score (nSPS) is 14.1. The summed E-state index contributed by atoms with van der Waals surface area (Å²) in [5, 5.41) is 2.48. The summed E-state index contributed by atoms with van der Waals surface area (Å²) in [6.07, 6.45) is 0.0446. The van der Waals surface area contributed by atoms with Gasteiger partial charge >= 0.3 is 0 Å². The van der Waals surface area contributed by atoms with Crippen molar-refractivity contribution in [2.24, 2.45) is 0 Å². The van der Waals surface area contributed by atoms with Crippen molar-refractivity contribution in [2.45, 2.75) is 20.0 Å². The van der Waals surface area contributed by atoms with Crippen LogP contribution in [-0.4, -0.2) is 17.8 Å². The lowest BCUT2D eigenvalue weighted by Gasteiger charge is -2.09. The van der Waals surface area contributed by atoms with Gasteiger partial charge in [-0.25, -0.2) is 0 Å². The van der Waals surface area contributed by atoms with Crippen molar-refractivity contribution in [3.8, 4) is 5.75 Å². The highest BCUT2D eigenvalue weighted by molar-refractivity contribution is 6.51. The van der Waals surface area contributed by atoms with Gasteiger partial charge in [-0.15, -0.1) is 0 Å². The van der Waals surface area contributed by atoms with Gasteiger partial charge in [0.1, 0.15) is 5.75 Å². The average Bonchev–Trinajstić information content (AvgIpc) is 2.43. The van der Waals surface area contributed by atoms with Crippen LogP contribution in [0, 0.1) is 0 Å². The first-order valence-electron chi connectivity index (χ1n) is 4.74. The lowest BCUT2D eigenvalue weighted by atomic mass is 10.1. The van der Waals surface area contributed by atoms with Crippen molar-refractivity contribution in [1.29, 1.82) is 0 Å². The van der Waals surface area contributed by atoms with Crippen LogP contribution in [0.5, 0.6) is 5.75 Å². The van der Waals surface area contributed by atoms with E-state index >= 15 is 0 Å². The number of ketones is 1. The van der Waals surface area contributed by atoms with Crippen LogP contribution in [0.2, 0.25) is 0 Å². The minimum Gasteiger partial charge on any atom is -0.491 e. The molecule has 1 aromatic rings. The summed E-state index contributed by atoms with van der Waals surface area (Å²) in [6.45, 7) is 3.80. The Morgan fingerprint density at radius 2 is 2.00 bits per heavy atom. The molecule has 1 amide bonds. The Labute approximate surface area is 87.2 Å². The number of fused-ring (bicyclic) bond motifs is 1. The molecule has 4 nitrogen and oxygen atoms in total. The standard InChI is InChI=1S/C11H11NO3/c1-6(2)15-7-3-4-9-8(5-7)10(13)11(14)12-9/h3-6H,1-2H3,(H,12,13,14). The highest BCUT2D eigenvalue weighted by Crippen LogP contribution is 2.27. The van der Waals surface area contributed by atoms with Gasteiger partial charge in [-0.1, -0.05) is 0 Å². The van der Waals surface area contributed by atoms with Gasteiger partial charge in [0.15, 0.2) is 0 Å². The van der Waals surface area contributed by atoms with Crippen molar-refractivity contribution >= 4 is 17.4 Å². The molecular weight excluding hydrogens is 194 g/mol. The van der Waals surface area contributed by atoms with E-state index in [4.69, 9.17) is 4.74 Å². The molecule has 4 heteroatoms. The van der Waals surface area contributed by atoms with Crippen molar-refractivity contribution < 1.29 is 14.3 Å². The van der Waals surface area contributed by atoms with E-state index in [-0.39, 0.29) is 6.10 Å². The number of carbonyl (C=O) groups is 2. The van der Waals surface area contributed by atoms with Crippen molar-refractivity contribution in [2.75, 3.05) is 5.32 Å². The fourth-order valence-electron chi connectivity index (χ4n) is 1.47. The molecule has 0 aromatic heterocycles. The molecule has 2 rings (SSSR count). The summed E-state index contributed by atoms with van der Waals surface area (Å²) in [4.78, 5) is 22.4. The molecule has 1 aliphatic heterocycles. The third-order valence-corrected chi connectivity index (χ3v) is 2.06. The first kappa shape index (κ1) is 9.71. The number of amides is 1. The Balaban J connectivity index is 2.35. The lowest BCUT2D eigenvalue weighted by molar-refractivity contribution is -0.112. The monoisotopic (exact) mass is 205 g/mol. The van der Waals surface area contributed by atoms with E-state index in [9.17, 15) is 9.59 Å². The fourth-order valence-corrected chi connectivity index (χ4v) is 1.47. The first-order chi connectivity index (χ1) is 7.08. The van der Waals surface area contributed by atoms with Gasteiger partial charge in [0, 0.05) is 0 Å². The summed E-state index contributed by atoms with van der Waals surface area (Å²) in [5.74, 6) is -0.473. The summed E-state index contributed by atoms with van der Waals surface area (Å²) >= 11 is 0. The Hall–Kier alpha value is -1.84. The number of benzene rings is 1. The van der Waals surface area contributed by atoms with Crippen LogP contribution in [0.4, 0.5) is 5.69 Å². The van der Waals surface area contributed by atoms with E-state index < -0.39 is 11.7 Å². The van der Waals surface area contributed by atoms with Crippen LogP contribution >= 0.6 is 0 Å². The molecule has 0 saturated carbocycles. The molecule has 1 aromatic carbocycles. The van der Waals surface area contributed by atoms with E-state index in [1.54, 1.807) is 18.2 Å². The van der Waals surface area contributed by atoms with E-state index in [1.165, 1.54) is 0 Å². The molecule has 0 bridgehead atoms. The van der Waals surface area contributed by atoms with Crippen LogP contribution in [0.1, 0.15) is 24.2 Å².